The molecule has 5 heteroatoms. The zero-order valence-electron chi connectivity index (χ0n) is 12.4. The van der Waals surface area contributed by atoms with Gasteiger partial charge in [-0.05, 0) is 30.5 Å². The number of carbonyl (C=O) groups is 1. The van der Waals surface area contributed by atoms with Crippen LogP contribution in [-0.2, 0) is 11.3 Å². The number of halogens is 2. The number of carbonyl (C=O) groups excluding carboxylic acids is 1. The average Bonchev–Trinajstić information content (AvgIpc) is 2.97. The Hall–Kier alpha value is -1.13. The standard InChI is InChI=1S/C16H23FN2O.ClH/c1-12(10-18)16(20)19(15-7-2-3-8-15)11-13-5-4-6-14(17)9-13;/h4-6,9,12,15H,2-3,7-8,10-11,18H2,1H3;1H. The zero-order chi connectivity index (χ0) is 14.5. The third kappa shape index (κ3) is 4.68. The van der Waals surface area contributed by atoms with Gasteiger partial charge in [-0.3, -0.25) is 4.79 Å². The maximum atomic E-state index is 13.3. The van der Waals surface area contributed by atoms with E-state index in [1.165, 1.54) is 12.1 Å². The van der Waals surface area contributed by atoms with Crippen LogP contribution in [0.3, 0.4) is 0 Å². The van der Waals surface area contributed by atoms with Crippen molar-refractivity contribution in [3.8, 4) is 0 Å². The van der Waals surface area contributed by atoms with Crippen molar-refractivity contribution in [2.24, 2.45) is 11.7 Å². The normalized spacial score (nSPS) is 16.3. The van der Waals surface area contributed by atoms with Crippen LogP contribution >= 0.6 is 12.4 Å². The van der Waals surface area contributed by atoms with Crippen LogP contribution in [0, 0.1) is 11.7 Å². The van der Waals surface area contributed by atoms with Crippen LogP contribution in [0.1, 0.15) is 38.2 Å². The first-order valence-electron chi connectivity index (χ1n) is 7.37. The topological polar surface area (TPSA) is 46.3 Å². The Bertz CT molecular complexity index is 463. The number of hydrogen-bond donors (Lipinski definition) is 1. The summed E-state index contributed by atoms with van der Waals surface area (Å²) in [6.45, 7) is 2.69. The molecule has 21 heavy (non-hydrogen) atoms. The number of rotatable bonds is 5. The molecule has 2 rings (SSSR count). The maximum absolute atomic E-state index is 13.3. The lowest BCUT2D eigenvalue weighted by atomic mass is 10.1. The highest BCUT2D eigenvalue weighted by molar-refractivity contribution is 5.85. The molecule has 0 heterocycles. The molecule has 0 aromatic heterocycles. The Morgan fingerprint density at radius 1 is 1.43 bits per heavy atom. The Labute approximate surface area is 132 Å². The van der Waals surface area contributed by atoms with Gasteiger partial charge in [0.25, 0.3) is 0 Å². The van der Waals surface area contributed by atoms with Gasteiger partial charge in [0, 0.05) is 25.0 Å². The predicted molar refractivity (Wildman–Crippen MR) is 84.7 cm³/mol. The van der Waals surface area contributed by atoms with E-state index in [-0.39, 0.29) is 36.1 Å². The van der Waals surface area contributed by atoms with Gasteiger partial charge >= 0.3 is 0 Å². The summed E-state index contributed by atoms with van der Waals surface area (Å²) < 4.78 is 13.3. The summed E-state index contributed by atoms with van der Waals surface area (Å²) in [5.41, 5.74) is 6.46. The molecule has 0 aliphatic heterocycles. The Morgan fingerprint density at radius 2 is 2.10 bits per heavy atom. The molecule has 1 saturated carbocycles. The van der Waals surface area contributed by atoms with Gasteiger partial charge in [-0.25, -0.2) is 4.39 Å². The molecular weight excluding hydrogens is 291 g/mol. The van der Waals surface area contributed by atoms with Gasteiger partial charge in [0.05, 0.1) is 0 Å². The van der Waals surface area contributed by atoms with Gasteiger partial charge in [0.1, 0.15) is 5.82 Å². The second-order valence-corrected chi connectivity index (χ2v) is 5.67. The summed E-state index contributed by atoms with van der Waals surface area (Å²) in [6, 6.07) is 6.76. The first kappa shape index (κ1) is 17.9. The predicted octanol–water partition coefficient (Wildman–Crippen LogP) is 3.11. The molecule has 1 atom stereocenters. The van der Waals surface area contributed by atoms with Crippen LogP contribution in [0.15, 0.2) is 24.3 Å². The number of amides is 1. The monoisotopic (exact) mass is 314 g/mol. The van der Waals surface area contributed by atoms with E-state index in [1.807, 2.05) is 17.9 Å². The van der Waals surface area contributed by atoms with Crippen LogP contribution in [0.2, 0.25) is 0 Å². The summed E-state index contributed by atoms with van der Waals surface area (Å²) in [7, 11) is 0. The molecule has 1 fully saturated rings. The highest BCUT2D eigenvalue weighted by atomic mass is 35.5. The van der Waals surface area contributed by atoms with Crippen LogP contribution in [-0.4, -0.2) is 23.4 Å². The van der Waals surface area contributed by atoms with Crippen molar-refractivity contribution in [2.75, 3.05) is 6.54 Å². The zero-order valence-corrected chi connectivity index (χ0v) is 13.2. The van der Waals surface area contributed by atoms with Gasteiger partial charge in [0.15, 0.2) is 0 Å². The molecule has 2 N–H and O–H groups in total. The van der Waals surface area contributed by atoms with Crippen molar-refractivity contribution in [3.05, 3.63) is 35.6 Å². The molecule has 1 aliphatic carbocycles. The summed E-state index contributed by atoms with van der Waals surface area (Å²) in [5, 5.41) is 0. The van der Waals surface area contributed by atoms with Crippen molar-refractivity contribution in [3.63, 3.8) is 0 Å². The molecule has 118 valence electrons. The van der Waals surface area contributed by atoms with Gasteiger partial charge in [-0.1, -0.05) is 31.9 Å². The van der Waals surface area contributed by atoms with Crippen LogP contribution < -0.4 is 5.73 Å². The van der Waals surface area contributed by atoms with Crippen LogP contribution in [0.5, 0.6) is 0 Å². The first-order chi connectivity index (χ1) is 9.61. The van der Waals surface area contributed by atoms with Crippen molar-refractivity contribution in [2.45, 2.75) is 45.2 Å². The smallest absolute Gasteiger partial charge is 0.227 e. The Balaban J connectivity index is 0.00000220. The fourth-order valence-electron chi connectivity index (χ4n) is 2.82. The molecule has 0 bridgehead atoms. The summed E-state index contributed by atoms with van der Waals surface area (Å²) in [6.07, 6.45) is 4.40. The van der Waals surface area contributed by atoms with E-state index in [0.29, 0.717) is 13.1 Å². The van der Waals surface area contributed by atoms with Crippen molar-refractivity contribution >= 4 is 18.3 Å². The molecular formula is C16H24ClFN2O. The first-order valence-corrected chi connectivity index (χ1v) is 7.37. The second kappa shape index (κ2) is 8.35. The molecule has 0 spiro atoms. The fourth-order valence-corrected chi connectivity index (χ4v) is 2.82. The second-order valence-electron chi connectivity index (χ2n) is 5.67. The van der Waals surface area contributed by atoms with Crippen molar-refractivity contribution < 1.29 is 9.18 Å². The molecule has 1 unspecified atom stereocenters. The summed E-state index contributed by atoms with van der Waals surface area (Å²) in [4.78, 5) is 14.4. The molecule has 1 aromatic rings. The SMILES string of the molecule is CC(CN)C(=O)N(Cc1cccc(F)c1)C1CCCC1.Cl. The van der Waals surface area contributed by atoms with Gasteiger partial charge in [-0.2, -0.15) is 0 Å². The fraction of sp³-hybridized carbons (Fsp3) is 0.562. The molecule has 0 radical (unpaired) electrons. The number of benzene rings is 1. The Morgan fingerprint density at radius 3 is 2.67 bits per heavy atom. The van der Waals surface area contributed by atoms with Gasteiger partial charge < -0.3 is 10.6 Å². The largest absolute Gasteiger partial charge is 0.335 e. The van der Waals surface area contributed by atoms with E-state index in [0.717, 1.165) is 31.2 Å². The summed E-state index contributed by atoms with van der Waals surface area (Å²) >= 11 is 0. The lowest BCUT2D eigenvalue weighted by Crippen LogP contribution is -2.43. The molecule has 1 aromatic carbocycles. The lowest BCUT2D eigenvalue weighted by Gasteiger charge is -2.31. The minimum absolute atomic E-state index is 0. The van der Waals surface area contributed by atoms with E-state index in [4.69, 9.17) is 5.73 Å². The van der Waals surface area contributed by atoms with E-state index in [2.05, 4.69) is 0 Å². The highest BCUT2D eigenvalue weighted by Crippen LogP contribution is 2.26. The number of hydrogen-bond acceptors (Lipinski definition) is 2. The quantitative estimate of drug-likeness (QED) is 0.907. The average molecular weight is 315 g/mol. The third-order valence-electron chi connectivity index (χ3n) is 4.07. The summed E-state index contributed by atoms with van der Waals surface area (Å²) in [5.74, 6) is -0.346. The number of nitrogens with two attached hydrogens (primary N) is 1. The van der Waals surface area contributed by atoms with Crippen LogP contribution in [0.4, 0.5) is 4.39 Å². The highest BCUT2D eigenvalue weighted by Gasteiger charge is 2.29. The minimum atomic E-state index is -0.256. The molecule has 0 saturated heterocycles. The van der Waals surface area contributed by atoms with E-state index < -0.39 is 0 Å². The minimum Gasteiger partial charge on any atom is -0.335 e. The number of nitrogens with zero attached hydrogens (tertiary/aromatic N) is 1. The third-order valence-corrected chi connectivity index (χ3v) is 4.07. The van der Waals surface area contributed by atoms with Gasteiger partial charge in [-0.15, -0.1) is 12.4 Å². The van der Waals surface area contributed by atoms with Gasteiger partial charge in [0.2, 0.25) is 5.91 Å². The van der Waals surface area contributed by atoms with Crippen molar-refractivity contribution in [1.29, 1.82) is 0 Å². The van der Waals surface area contributed by atoms with E-state index in [9.17, 15) is 9.18 Å². The molecule has 1 aliphatic rings. The lowest BCUT2D eigenvalue weighted by molar-refractivity contribution is -0.137. The Kier molecular flexibility index (Phi) is 7.12. The van der Waals surface area contributed by atoms with E-state index >= 15 is 0 Å². The van der Waals surface area contributed by atoms with Crippen molar-refractivity contribution in [1.82, 2.24) is 4.90 Å². The van der Waals surface area contributed by atoms with Crippen LogP contribution in [0.25, 0.3) is 0 Å². The molecule has 1 amide bonds. The maximum Gasteiger partial charge on any atom is 0.227 e. The van der Waals surface area contributed by atoms with E-state index in [1.54, 1.807) is 6.07 Å². The molecule has 3 nitrogen and oxygen atoms in total.